The van der Waals surface area contributed by atoms with Crippen molar-refractivity contribution in [3.63, 3.8) is 0 Å². The summed E-state index contributed by atoms with van der Waals surface area (Å²) in [7, 11) is 0. The van der Waals surface area contributed by atoms with Gasteiger partial charge in [-0.2, -0.15) is 0 Å². The van der Waals surface area contributed by atoms with Crippen LogP contribution in [0.3, 0.4) is 0 Å². The molecular formula is C11H23NO. The Morgan fingerprint density at radius 1 is 1.31 bits per heavy atom. The van der Waals surface area contributed by atoms with Crippen molar-refractivity contribution < 1.29 is 5.11 Å². The molecule has 0 spiro atoms. The molecule has 1 saturated carbocycles. The van der Waals surface area contributed by atoms with Gasteiger partial charge in [0.05, 0.1) is 6.10 Å². The van der Waals surface area contributed by atoms with Gasteiger partial charge in [0, 0.05) is 12.6 Å². The van der Waals surface area contributed by atoms with Crippen LogP contribution in [0.2, 0.25) is 0 Å². The summed E-state index contributed by atoms with van der Waals surface area (Å²) in [5.41, 5.74) is 0. The van der Waals surface area contributed by atoms with Crippen LogP contribution in [-0.2, 0) is 0 Å². The van der Waals surface area contributed by atoms with Gasteiger partial charge < -0.3 is 10.4 Å². The van der Waals surface area contributed by atoms with Gasteiger partial charge in [0.25, 0.3) is 0 Å². The van der Waals surface area contributed by atoms with Gasteiger partial charge in [-0.05, 0) is 31.6 Å². The van der Waals surface area contributed by atoms with E-state index in [0.29, 0.717) is 6.04 Å². The van der Waals surface area contributed by atoms with Crippen LogP contribution in [0.25, 0.3) is 0 Å². The second kappa shape index (κ2) is 4.97. The zero-order chi connectivity index (χ0) is 9.84. The molecule has 0 heterocycles. The van der Waals surface area contributed by atoms with Crippen LogP contribution in [0.5, 0.6) is 0 Å². The van der Waals surface area contributed by atoms with Gasteiger partial charge >= 0.3 is 0 Å². The molecule has 3 atom stereocenters. The van der Waals surface area contributed by atoms with Crippen molar-refractivity contribution in [1.29, 1.82) is 0 Å². The number of nitrogens with one attached hydrogen (secondary N) is 1. The van der Waals surface area contributed by atoms with Crippen LogP contribution in [0, 0.1) is 11.8 Å². The molecule has 0 aliphatic heterocycles. The van der Waals surface area contributed by atoms with E-state index in [1.165, 1.54) is 19.3 Å². The van der Waals surface area contributed by atoms with Crippen LogP contribution in [0.15, 0.2) is 0 Å². The van der Waals surface area contributed by atoms with E-state index < -0.39 is 0 Å². The maximum Gasteiger partial charge on any atom is 0.0636 e. The summed E-state index contributed by atoms with van der Waals surface area (Å²) in [5, 5.41) is 12.7. The summed E-state index contributed by atoms with van der Waals surface area (Å²) in [4.78, 5) is 0. The van der Waals surface area contributed by atoms with Crippen molar-refractivity contribution in [3.05, 3.63) is 0 Å². The molecule has 2 N–H and O–H groups in total. The number of aliphatic hydroxyl groups is 1. The van der Waals surface area contributed by atoms with Crippen LogP contribution < -0.4 is 5.32 Å². The van der Waals surface area contributed by atoms with E-state index in [0.717, 1.165) is 18.4 Å². The summed E-state index contributed by atoms with van der Waals surface area (Å²) in [6.07, 6.45) is 3.82. The minimum absolute atomic E-state index is 0.221. The van der Waals surface area contributed by atoms with Gasteiger partial charge in [-0.1, -0.05) is 20.3 Å². The summed E-state index contributed by atoms with van der Waals surface area (Å²) in [6, 6.07) is 0.614. The standard InChI is InChI=1S/C11H23NO/c1-8-5-4-6-9(2)11(8)12-7-10(3)13/h8-13H,4-7H2,1-3H3. The highest BCUT2D eigenvalue weighted by Crippen LogP contribution is 2.28. The summed E-state index contributed by atoms with van der Waals surface area (Å²) < 4.78 is 0. The van der Waals surface area contributed by atoms with E-state index in [9.17, 15) is 5.11 Å². The topological polar surface area (TPSA) is 32.3 Å². The van der Waals surface area contributed by atoms with Crippen molar-refractivity contribution in [2.45, 2.75) is 52.2 Å². The first-order valence-corrected chi connectivity index (χ1v) is 5.52. The molecule has 0 amide bonds. The summed E-state index contributed by atoms with van der Waals surface area (Å²) in [6.45, 7) is 7.20. The van der Waals surface area contributed by atoms with E-state index in [2.05, 4.69) is 19.2 Å². The van der Waals surface area contributed by atoms with Gasteiger partial charge in [-0.3, -0.25) is 0 Å². The highest BCUT2D eigenvalue weighted by atomic mass is 16.3. The van der Waals surface area contributed by atoms with E-state index in [4.69, 9.17) is 0 Å². The third-order valence-corrected chi connectivity index (χ3v) is 3.19. The van der Waals surface area contributed by atoms with E-state index in [1.54, 1.807) is 0 Å². The van der Waals surface area contributed by atoms with E-state index >= 15 is 0 Å². The maximum absolute atomic E-state index is 9.19. The van der Waals surface area contributed by atoms with Crippen molar-refractivity contribution in [3.8, 4) is 0 Å². The van der Waals surface area contributed by atoms with Crippen LogP contribution in [0.1, 0.15) is 40.0 Å². The van der Waals surface area contributed by atoms with Gasteiger partial charge in [-0.15, -0.1) is 0 Å². The lowest BCUT2D eigenvalue weighted by Gasteiger charge is -2.35. The fourth-order valence-corrected chi connectivity index (χ4v) is 2.39. The molecule has 1 aliphatic rings. The van der Waals surface area contributed by atoms with E-state index in [1.807, 2.05) is 6.92 Å². The maximum atomic E-state index is 9.19. The molecule has 2 heteroatoms. The average Bonchev–Trinajstić information content (AvgIpc) is 2.03. The minimum Gasteiger partial charge on any atom is -0.392 e. The fraction of sp³-hybridized carbons (Fsp3) is 1.00. The third kappa shape index (κ3) is 3.28. The first kappa shape index (κ1) is 11.0. The molecule has 0 aromatic carbocycles. The second-order valence-electron chi connectivity index (χ2n) is 4.67. The smallest absolute Gasteiger partial charge is 0.0636 e. The van der Waals surface area contributed by atoms with Gasteiger partial charge in [0.15, 0.2) is 0 Å². The Kier molecular flexibility index (Phi) is 4.20. The molecule has 2 nitrogen and oxygen atoms in total. The lowest BCUT2D eigenvalue weighted by molar-refractivity contribution is 0.153. The molecule has 0 aromatic rings. The molecule has 1 fully saturated rings. The van der Waals surface area contributed by atoms with Crippen molar-refractivity contribution >= 4 is 0 Å². The summed E-state index contributed by atoms with van der Waals surface area (Å²) in [5.74, 6) is 1.53. The lowest BCUT2D eigenvalue weighted by Crippen LogP contribution is -2.45. The normalized spacial score (nSPS) is 37.4. The number of aliphatic hydroxyl groups excluding tert-OH is 1. The average molecular weight is 185 g/mol. The largest absolute Gasteiger partial charge is 0.392 e. The molecule has 1 aliphatic carbocycles. The zero-order valence-electron chi connectivity index (χ0n) is 9.09. The molecule has 1 rings (SSSR count). The van der Waals surface area contributed by atoms with Crippen molar-refractivity contribution in [2.75, 3.05) is 6.54 Å². The molecule has 3 unspecified atom stereocenters. The Hall–Kier alpha value is -0.0800. The van der Waals surface area contributed by atoms with Crippen LogP contribution in [-0.4, -0.2) is 23.8 Å². The quantitative estimate of drug-likeness (QED) is 0.702. The Morgan fingerprint density at radius 3 is 2.31 bits per heavy atom. The monoisotopic (exact) mass is 185 g/mol. The Morgan fingerprint density at radius 2 is 1.85 bits per heavy atom. The Labute approximate surface area is 81.7 Å². The molecule has 0 radical (unpaired) electrons. The van der Waals surface area contributed by atoms with Gasteiger partial charge in [0.2, 0.25) is 0 Å². The fourth-order valence-electron chi connectivity index (χ4n) is 2.39. The van der Waals surface area contributed by atoms with Crippen LogP contribution >= 0.6 is 0 Å². The second-order valence-corrected chi connectivity index (χ2v) is 4.67. The first-order chi connectivity index (χ1) is 6.11. The minimum atomic E-state index is -0.221. The first-order valence-electron chi connectivity index (χ1n) is 5.52. The zero-order valence-corrected chi connectivity index (χ0v) is 9.09. The van der Waals surface area contributed by atoms with Crippen molar-refractivity contribution in [2.24, 2.45) is 11.8 Å². The number of hydrogen-bond donors (Lipinski definition) is 2. The van der Waals surface area contributed by atoms with Crippen LogP contribution in [0.4, 0.5) is 0 Å². The molecule has 78 valence electrons. The number of rotatable bonds is 3. The van der Waals surface area contributed by atoms with Gasteiger partial charge in [0.1, 0.15) is 0 Å². The Bertz CT molecular complexity index is 137. The predicted octanol–water partition coefficient (Wildman–Crippen LogP) is 1.78. The molecule has 0 aromatic heterocycles. The lowest BCUT2D eigenvalue weighted by atomic mass is 9.79. The highest BCUT2D eigenvalue weighted by molar-refractivity contribution is 4.83. The Balaban J connectivity index is 2.35. The molecule has 0 bridgehead atoms. The molecule has 13 heavy (non-hydrogen) atoms. The molecular weight excluding hydrogens is 162 g/mol. The SMILES string of the molecule is CC(O)CNC1C(C)CCCC1C. The summed E-state index contributed by atoms with van der Waals surface area (Å²) >= 11 is 0. The third-order valence-electron chi connectivity index (χ3n) is 3.19. The van der Waals surface area contributed by atoms with Gasteiger partial charge in [-0.25, -0.2) is 0 Å². The highest BCUT2D eigenvalue weighted by Gasteiger charge is 2.26. The van der Waals surface area contributed by atoms with Crippen molar-refractivity contribution in [1.82, 2.24) is 5.32 Å². The molecule has 0 saturated heterocycles. The number of hydrogen-bond acceptors (Lipinski definition) is 2. The van der Waals surface area contributed by atoms with E-state index in [-0.39, 0.29) is 6.10 Å². The predicted molar refractivity (Wildman–Crippen MR) is 55.7 cm³/mol.